The highest BCUT2D eigenvalue weighted by molar-refractivity contribution is 6.08. The average Bonchev–Trinajstić information content (AvgIpc) is 2.81. The van der Waals surface area contributed by atoms with Crippen LogP contribution in [0, 0.1) is 0 Å². The predicted molar refractivity (Wildman–Crippen MR) is 76.8 cm³/mol. The topological polar surface area (TPSA) is 37.0 Å². The summed E-state index contributed by atoms with van der Waals surface area (Å²) in [5.41, 5.74) is 3.14. The summed E-state index contributed by atoms with van der Waals surface area (Å²) in [7, 11) is 1.90. The third-order valence-corrected chi connectivity index (χ3v) is 3.20. The van der Waals surface area contributed by atoms with Gasteiger partial charge in [-0.2, -0.15) is 0 Å². The van der Waals surface area contributed by atoms with Crippen LogP contribution in [0.5, 0.6) is 5.75 Å². The Morgan fingerprint density at radius 3 is 2.58 bits per heavy atom. The molecule has 0 aliphatic carbocycles. The lowest BCUT2D eigenvalue weighted by Crippen LogP contribution is -1.98. The summed E-state index contributed by atoms with van der Waals surface area (Å²) in [5, 5.41) is 5.43. The maximum absolute atomic E-state index is 12.1. The number of rotatable bonds is 4. The summed E-state index contributed by atoms with van der Waals surface area (Å²) < 4.78 is 17.4. The molecule has 0 unspecified atom stereocenters. The lowest BCUT2D eigenvalue weighted by Gasteiger charge is -2.02. The summed E-state index contributed by atoms with van der Waals surface area (Å²) in [6, 6.07) is 12.0. The van der Waals surface area contributed by atoms with E-state index >= 15 is 0 Å². The second-order valence-electron chi connectivity index (χ2n) is 4.38. The van der Waals surface area contributed by atoms with E-state index in [2.05, 4.69) is 22.4 Å². The molecule has 0 fully saturated rings. The first-order valence-electron chi connectivity index (χ1n) is 6.24. The monoisotopic (exact) mass is 258 g/mol. The molecule has 0 saturated heterocycles. The molecule has 0 aliphatic rings. The fourth-order valence-corrected chi connectivity index (χ4v) is 2.29. The quantitative estimate of drug-likeness (QED) is 0.748. The highest BCUT2D eigenvalue weighted by Crippen LogP contribution is 2.29. The van der Waals surface area contributed by atoms with Gasteiger partial charge in [-0.15, -0.1) is 0 Å². The number of anilines is 1. The van der Waals surface area contributed by atoms with Gasteiger partial charge in [0.2, 0.25) is 0 Å². The Morgan fingerprint density at radius 1 is 1.11 bits per heavy atom. The molecule has 0 saturated carbocycles. The molecule has 3 nitrogen and oxygen atoms in total. The number of halogens is 1. The standard InChI is InChI=1S/C15H15FN2O/c1-17-10-2-4-12-13-5-3-11(19-7-6-16)9-15(13)18-14(12)8-10/h2-5,8-9,17-18H,6-7H2,1H3. The van der Waals surface area contributed by atoms with Crippen molar-refractivity contribution >= 4 is 27.5 Å². The van der Waals surface area contributed by atoms with Crippen LogP contribution < -0.4 is 10.1 Å². The van der Waals surface area contributed by atoms with Gasteiger partial charge in [-0.3, -0.25) is 0 Å². The Kier molecular flexibility index (Phi) is 2.99. The lowest BCUT2D eigenvalue weighted by atomic mass is 10.1. The Bertz CT molecular complexity index is 721. The van der Waals surface area contributed by atoms with Gasteiger partial charge in [-0.25, -0.2) is 4.39 Å². The first-order valence-corrected chi connectivity index (χ1v) is 6.24. The molecular weight excluding hydrogens is 243 g/mol. The van der Waals surface area contributed by atoms with Gasteiger partial charge in [0.25, 0.3) is 0 Å². The van der Waals surface area contributed by atoms with Gasteiger partial charge in [-0.1, -0.05) is 6.07 Å². The first-order chi connectivity index (χ1) is 9.31. The van der Waals surface area contributed by atoms with Crippen LogP contribution in [-0.2, 0) is 0 Å². The Morgan fingerprint density at radius 2 is 1.84 bits per heavy atom. The van der Waals surface area contributed by atoms with Crippen LogP contribution in [0.15, 0.2) is 36.4 Å². The predicted octanol–water partition coefficient (Wildman–Crippen LogP) is 3.71. The lowest BCUT2D eigenvalue weighted by molar-refractivity contribution is 0.273. The molecule has 0 bridgehead atoms. The van der Waals surface area contributed by atoms with E-state index in [1.807, 2.05) is 31.3 Å². The Balaban J connectivity index is 2.10. The molecule has 0 radical (unpaired) electrons. The van der Waals surface area contributed by atoms with Crippen molar-refractivity contribution in [3.05, 3.63) is 36.4 Å². The molecular formula is C15H15FN2O. The number of hydrogen-bond donors (Lipinski definition) is 2. The molecule has 19 heavy (non-hydrogen) atoms. The van der Waals surface area contributed by atoms with Crippen molar-refractivity contribution in [2.24, 2.45) is 0 Å². The fraction of sp³-hybridized carbons (Fsp3) is 0.200. The normalized spacial score (nSPS) is 11.1. The minimum absolute atomic E-state index is 0.0929. The number of benzene rings is 2. The van der Waals surface area contributed by atoms with E-state index in [4.69, 9.17) is 4.74 Å². The molecule has 98 valence electrons. The number of H-pyrrole nitrogens is 1. The van der Waals surface area contributed by atoms with Crippen molar-refractivity contribution in [1.29, 1.82) is 0 Å². The molecule has 4 heteroatoms. The van der Waals surface area contributed by atoms with Gasteiger partial charge in [0.15, 0.2) is 0 Å². The van der Waals surface area contributed by atoms with Crippen LogP contribution in [0.1, 0.15) is 0 Å². The summed E-state index contributed by atoms with van der Waals surface area (Å²) in [6.07, 6.45) is 0. The zero-order chi connectivity index (χ0) is 13.2. The molecule has 0 spiro atoms. The molecule has 1 heterocycles. The van der Waals surface area contributed by atoms with Crippen molar-refractivity contribution in [3.63, 3.8) is 0 Å². The van der Waals surface area contributed by atoms with E-state index in [1.165, 1.54) is 5.39 Å². The van der Waals surface area contributed by atoms with Crippen LogP contribution in [0.2, 0.25) is 0 Å². The highest BCUT2D eigenvalue weighted by Gasteiger charge is 2.06. The smallest absolute Gasteiger partial charge is 0.123 e. The van der Waals surface area contributed by atoms with Crippen LogP contribution in [0.4, 0.5) is 10.1 Å². The van der Waals surface area contributed by atoms with Crippen molar-refractivity contribution < 1.29 is 9.13 Å². The van der Waals surface area contributed by atoms with E-state index in [9.17, 15) is 4.39 Å². The van der Waals surface area contributed by atoms with Crippen molar-refractivity contribution in [2.75, 3.05) is 25.6 Å². The zero-order valence-corrected chi connectivity index (χ0v) is 10.7. The molecule has 3 rings (SSSR count). The van der Waals surface area contributed by atoms with Crippen molar-refractivity contribution in [3.8, 4) is 5.75 Å². The van der Waals surface area contributed by atoms with Gasteiger partial charge in [0.1, 0.15) is 19.0 Å². The minimum Gasteiger partial charge on any atom is -0.491 e. The summed E-state index contributed by atoms with van der Waals surface area (Å²) in [4.78, 5) is 3.36. The van der Waals surface area contributed by atoms with Crippen LogP contribution >= 0.6 is 0 Å². The van der Waals surface area contributed by atoms with E-state index in [1.54, 1.807) is 0 Å². The number of hydrogen-bond acceptors (Lipinski definition) is 2. The SMILES string of the molecule is CNc1ccc2c(c1)[nH]c1cc(OCCF)ccc12. The average molecular weight is 258 g/mol. The number of nitrogens with one attached hydrogen (secondary N) is 2. The largest absolute Gasteiger partial charge is 0.491 e. The van der Waals surface area contributed by atoms with E-state index in [-0.39, 0.29) is 6.61 Å². The number of aromatic nitrogens is 1. The molecule has 0 aliphatic heterocycles. The van der Waals surface area contributed by atoms with Crippen LogP contribution in [0.25, 0.3) is 21.8 Å². The highest BCUT2D eigenvalue weighted by atomic mass is 19.1. The van der Waals surface area contributed by atoms with Gasteiger partial charge < -0.3 is 15.0 Å². The second-order valence-corrected chi connectivity index (χ2v) is 4.38. The number of aromatic amines is 1. The Hall–Kier alpha value is -2.23. The molecule has 2 N–H and O–H groups in total. The summed E-state index contributed by atoms with van der Waals surface area (Å²) >= 11 is 0. The number of alkyl halides is 1. The van der Waals surface area contributed by atoms with Gasteiger partial charge >= 0.3 is 0 Å². The zero-order valence-electron chi connectivity index (χ0n) is 10.7. The van der Waals surface area contributed by atoms with Crippen LogP contribution in [0.3, 0.4) is 0 Å². The molecule has 0 amide bonds. The van der Waals surface area contributed by atoms with Gasteiger partial charge in [0, 0.05) is 35.1 Å². The number of fused-ring (bicyclic) bond motifs is 3. The molecule has 0 atom stereocenters. The fourth-order valence-electron chi connectivity index (χ4n) is 2.29. The second kappa shape index (κ2) is 4.80. The third kappa shape index (κ3) is 2.10. The third-order valence-electron chi connectivity index (χ3n) is 3.20. The summed E-state index contributed by atoms with van der Waals surface area (Å²) in [6.45, 7) is -0.383. The maximum Gasteiger partial charge on any atom is 0.123 e. The first kappa shape index (κ1) is 11.8. The van der Waals surface area contributed by atoms with Crippen LogP contribution in [-0.4, -0.2) is 25.3 Å². The van der Waals surface area contributed by atoms with Crippen molar-refractivity contribution in [1.82, 2.24) is 4.98 Å². The molecule has 3 aromatic rings. The van der Waals surface area contributed by atoms with Crippen molar-refractivity contribution in [2.45, 2.75) is 0 Å². The van der Waals surface area contributed by atoms with E-state index < -0.39 is 6.67 Å². The van der Waals surface area contributed by atoms with Gasteiger partial charge in [-0.05, 0) is 24.3 Å². The van der Waals surface area contributed by atoms with E-state index in [0.717, 1.165) is 22.1 Å². The number of ether oxygens (including phenoxy) is 1. The maximum atomic E-state index is 12.1. The van der Waals surface area contributed by atoms with Gasteiger partial charge in [0.05, 0.1) is 5.52 Å². The van der Waals surface area contributed by atoms with E-state index in [0.29, 0.717) is 5.75 Å². The summed E-state index contributed by atoms with van der Waals surface area (Å²) in [5.74, 6) is 0.686. The molecule has 1 aromatic heterocycles. The Labute approximate surface area is 110 Å². The minimum atomic E-state index is -0.476. The molecule has 2 aromatic carbocycles.